The zero-order valence-electron chi connectivity index (χ0n) is 19.8. The molecule has 182 valence electrons. The van der Waals surface area contributed by atoms with Gasteiger partial charge in [0.1, 0.15) is 12.0 Å². The van der Waals surface area contributed by atoms with Gasteiger partial charge in [0.25, 0.3) is 5.91 Å². The number of morpholine rings is 1. The molecule has 1 aromatic heterocycles. The number of nitrogens with zero attached hydrogens (tertiary/aromatic N) is 4. The number of amides is 2. The van der Waals surface area contributed by atoms with E-state index in [4.69, 9.17) is 4.74 Å². The monoisotopic (exact) mass is 473 g/mol. The first-order valence-electron chi connectivity index (χ1n) is 12.2. The van der Waals surface area contributed by atoms with Crippen molar-refractivity contribution in [1.82, 2.24) is 24.7 Å². The van der Waals surface area contributed by atoms with Crippen molar-refractivity contribution in [3.8, 4) is 5.69 Å². The highest BCUT2D eigenvalue weighted by molar-refractivity contribution is 5.92. The van der Waals surface area contributed by atoms with Gasteiger partial charge in [0.15, 0.2) is 0 Å². The molecule has 1 saturated carbocycles. The van der Waals surface area contributed by atoms with Gasteiger partial charge in [-0.05, 0) is 30.5 Å². The molecule has 2 fully saturated rings. The Kier molecular flexibility index (Phi) is 7.20. The van der Waals surface area contributed by atoms with Crippen LogP contribution in [0.4, 0.5) is 0 Å². The molecule has 1 N–H and O–H groups in total. The predicted molar refractivity (Wildman–Crippen MR) is 132 cm³/mol. The van der Waals surface area contributed by atoms with Crippen LogP contribution in [0, 0.1) is 0 Å². The lowest BCUT2D eigenvalue weighted by Gasteiger charge is -2.34. The normalized spacial score (nSPS) is 18.2. The largest absolute Gasteiger partial charge is 0.374 e. The maximum atomic E-state index is 13.1. The zero-order chi connectivity index (χ0) is 24.0. The number of nitrogens with one attached hydrogen (secondary N) is 1. The average molecular weight is 474 g/mol. The second kappa shape index (κ2) is 10.8. The van der Waals surface area contributed by atoms with E-state index in [1.807, 2.05) is 58.0 Å². The first kappa shape index (κ1) is 23.3. The van der Waals surface area contributed by atoms with Crippen molar-refractivity contribution in [3.05, 3.63) is 84.4 Å². The Hall–Kier alpha value is -3.49. The highest BCUT2D eigenvalue weighted by Gasteiger charge is 2.34. The second-order valence-electron chi connectivity index (χ2n) is 9.18. The van der Waals surface area contributed by atoms with Crippen molar-refractivity contribution in [1.29, 1.82) is 0 Å². The molecular weight excluding hydrogens is 442 g/mol. The summed E-state index contributed by atoms with van der Waals surface area (Å²) >= 11 is 0. The van der Waals surface area contributed by atoms with Gasteiger partial charge in [-0.3, -0.25) is 14.5 Å². The number of ether oxygens (including phenoxy) is 1. The molecule has 0 spiro atoms. The molecule has 3 aromatic rings. The van der Waals surface area contributed by atoms with Crippen LogP contribution < -0.4 is 5.32 Å². The van der Waals surface area contributed by atoms with Gasteiger partial charge in [-0.25, -0.2) is 4.98 Å². The summed E-state index contributed by atoms with van der Waals surface area (Å²) < 4.78 is 7.68. The van der Waals surface area contributed by atoms with Crippen molar-refractivity contribution in [3.63, 3.8) is 0 Å². The maximum absolute atomic E-state index is 13.1. The number of aromatic nitrogens is 2. The molecule has 1 atom stereocenters. The van der Waals surface area contributed by atoms with Gasteiger partial charge in [0, 0.05) is 44.1 Å². The molecule has 2 aromatic carbocycles. The van der Waals surface area contributed by atoms with Crippen LogP contribution in [0.15, 0.2) is 73.2 Å². The molecule has 35 heavy (non-hydrogen) atoms. The Balaban J connectivity index is 1.11. The fourth-order valence-electron chi connectivity index (χ4n) is 4.40. The van der Waals surface area contributed by atoms with Crippen molar-refractivity contribution in [2.45, 2.75) is 31.5 Å². The number of hydrogen-bond donors (Lipinski definition) is 1. The third kappa shape index (κ3) is 6.15. The lowest BCUT2D eigenvalue weighted by Crippen LogP contribution is -2.51. The lowest BCUT2D eigenvalue weighted by molar-refractivity contribution is -0.135. The summed E-state index contributed by atoms with van der Waals surface area (Å²) in [6.07, 6.45) is 5.35. The Labute approximate surface area is 205 Å². The van der Waals surface area contributed by atoms with Gasteiger partial charge in [0.05, 0.1) is 19.3 Å². The van der Waals surface area contributed by atoms with E-state index in [1.54, 1.807) is 12.5 Å². The summed E-state index contributed by atoms with van der Waals surface area (Å²) in [5, 5.41) is 2.93. The second-order valence-corrected chi connectivity index (χ2v) is 9.18. The molecule has 1 aliphatic carbocycles. The molecule has 0 radical (unpaired) electrons. The summed E-state index contributed by atoms with van der Waals surface area (Å²) in [6.45, 7) is 3.26. The Morgan fingerprint density at radius 3 is 2.54 bits per heavy atom. The van der Waals surface area contributed by atoms with Gasteiger partial charge >= 0.3 is 0 Å². The van der Waals surface area contributed by atoms with E-state index in [0.29, 0.717) is 51.1 Å². The number of para-hydroxylation sites is 1. The highest BCUT2D eigenvalue weighted by atomic mass is 16.5. The SMILES string of the molecule is O=C(NCC1CN(CC(=O)N(Cc2ccccc2)C2CC2)CCO1)c1cn(-c2ccccc2)cn1. The van der Waals surface area contributed by atoms with Crippen LogP contribution in [0.1, 0.15) is 28.9 Å². The van der Waals surface area contributed by atoms with Gasteiger partial charge in [-0.1, -0.05) is 48.5 Å². The molecule has 1 unspecified atom stereocenters. The third-order valence-electron chi connectivity index (χ3n) is 6.45. The third-order valence-corrected chi connectivity index (χ3v) is 6.45. The summed E-state index contributed by atoms with van der Waals surface area (Å²) in [6, 6.07) is 20.3. The maximum Gasteiger partial charge on any atom is 0.271 e. The van der Waals surface area contributed by atoms with Crippen LogP contribution in [0.25, 0.3) is 5.69 Å². The topological polar surface area (TPSA) is 79.7 Å². The van der Waals surface area contributed by atoms with Crippen molar-refractivity contribution >= 4 is 11.8 Å². The van der Waals surface area contributed by atoms with Crippen LogP contribution in [-0.4, -0.2) is 76.1 Å². The highest BCUT2D eigenvalue weighted by Crippen LogP contribution is 2.28. The van der Waals surface area contributed by atoms with Crippen molar-refractivity contribution in [2.75, 3.05) is 32.8 Å². The zero-order valence-corrected chi connectivity index (χ0v) is 19.8. The predicted octanol–water partition coefficient (Wildman–Crippen LogP) is 2.49. The number of carbonyl (C=O) groups is 2. The number of rotatable bonds is 9. The number of hydrogen-bond acceptors (Lipinski definition) is 5. The summed E-state index contributed by atoms with van der Waals surface area (Å²) in [4.78, 5) is 34.1. The molecular formula is C27H31N5O3. The first-order chi connectivity index (χ1) is 17.2. The quantitative estimate of drug-likeness (QED) is 0.517. The average Bonchev–Trinajstić information content (AvgIpc) is 3.62. The van der Waals surface area contributed by atoms with E-state index in [1.165, 1.54) is 0 Å². The van der Waals surface area contributed by atoms with E-state index in [2.05, 4.69) is 27.3 Å². The molecule has 2 aliphatic rings. The van der Waals surface area contributed by atoms with Crippen molar-refractivity contribution in [2.24, 2.45) is 0 Å². The van der Waals surface area contributed by atoms with Crippen LogP contribution >= 0.6 is 0 Å². The van der Waals surface area contributed by atoms with Crippen LogP contribution in [0.5, 0.6) is 0 Å². The van der Waals surface area contributed by atoms with Gasteiger partial charge in [0.2, 0.25) is 5.91 Å². The minimum absolute atomic E-state index is 0.160. The molecule has 1 saturated heterocycles. The molecule has 5 rings (SSSR count). The van der Waals surface area contributed by atoms with Crippen molar-refractivity contribution < 1.29 is 14.3 Å². The van der Waals surface area contributed by atoms with E-state index < -0.39 is 0 Å². The van der Waals surface area contributed by atoms with Gasteiger partial charge in [-0.15, -0.1) is 0 Å². The van der Waals surface area contributed by atoms with E-state index in [0.717, 1.165) is 24.1 Å². The lowest BCUT2D eigenvalue weighted by atomic mass is 10.2. The van der Waals surface area contributed by atoms with Crippen LogP contribution in [-0.2, 0) is 16.1 Å². The van der Waals surface area contributed by atoms with E-state index in [9.17, 15) is 9.59 Å². The fraction of sp³-hybridized carbons (Fsp3) is 0.370. The molecule has 8 heteroatoms. The summed E-state index contributed by atoms with van der Waals surface area (Å²) in [5.74, 6) is -0.0771. The standard InChI is InChI=1S/C27H31N5O3/c33-26(32(23-11-12-23)16-21-7-3-1-4-8-21)19-30-13-14-35-24(17-30)15-28-27(34)25-18-31(20-29-25)22-9-5-2-6-10-22/h1-10,18,20,23-24H,11-17,19H2,(H,28,34). The molecule has 1 aliphatic heterocycles. The number of imidazole rings is 1. The van der Waals surface area contributed by atoms with Gasteiger partial charge < -0.3 is 19.5 Å². The molecule has 2 heterocycles. The van der Waals surface area contributed by atoms with Crippen LogP contribution in [0.3, 0.4) is 0 Å². The number of carbonyl (C=O) groups excluding carboxylic acids is 2. The van der Waals surface area contributed by atoms with E-state index >= 15 is 0 Å². The minimum Gasteiger partial charge on any atom is -0.374 e. The molecule has 8 nitrogen and oxygen atoms in total. The van der Waals surface area contributed by atoms with Gasteiger partial charge in [-0.2, -0.15) is 0 Å². The Morgan fingerprint density at radius 1 is 1.06 bits per heavy atom. The molecule has 2 amide bonds. The fourth-order valence-corrected chi connectivity index (χ4v) is 4.40. The summed E-state index contributed by atoms with van der Waals surface area (Å²) in [5.41, 5.74) is 2.46. The Bertz CT molecular complexity index is 1130. The Morgan fingerprint density at radius 2 is 1.80 bits per heavy atom. The number of benzene rings is 2. The minimum atomic E-state index is -0.237. The first-order valence-corrected chi connectivity index (χ1v) is 12.2. The van der Waals surface area contributed by atoms with E-state index in [-0.39, 0.29) is 17.9 Å². The molecule has 0 bridgehead atoms. The smallest absolute Gasteiger partial charge is 0.271 e. The van der Waals surface area contributed by atoms with Crippen LogP contribution in [0.2, 0.25) is 0 Å². The summed E-state index contributed by atoms with van der Waals surface area (Å²) in [7, 11) is 0.